The molecule has 1 aromatic carbocycles. The lowest BCUT2D eigenvalue weighted by molar-refractivity contribution is 0.0594. The summed E-state index contributed by atoms with van der Waals surface area (Å²) in [5.74, 6) is -1.27. The molecule has 0 radical (unpaired) electrons. The summed E-state index contributed by atoms with van der Waals surface area (Å²) in [5, 5.41) is 1.34. The van der Waals surface area contributed by atoms with E-state index in [-0.39, 0.29) is 11.4 Å². The van der Waals surface area contributed by atoms with Crippen molar-refractivity contribution in [3.63, 3.8) is 0 Å². The van der Waals surface area contributed by atoms with E-state index in [9.17, 15) is 9.59 Å². The lowest BCUT2D eigenvalue weighted by Crippen LogP contribution is -2.16. The number of amides is 1. The molecule has 5 nitrogen and oxygen atoms in total. The van der Waals surface area contributed by atoms with Gasteiger partial charge in [-0.05, 0) is 11.5 Å². The van der Waals surface area contributed by atoms with Gasteiger partial charge in [-0.1, -0.05) is 24.3 Å². The first-order valence-electron chi connectivity index (χ1n) is 4.91. The molecule has 0 aliphatic carbocycles. The normalized spacial score (nSPS) is 10.2. The van der Waals surface area contributed by atoms with Crippen molar-refractivity contribution in [1.82, 2.24) is 4.98 Å². The molecule has 5 heteroatoms. The largest absolute Gasteiger partial charge is 0.464 e. The number of carbonyl (C=O) groups is 2. The molecule has 0 spiro atoms. The van der Waals surface area contributed by atoms with Crippen molar-refractivity contribution < 1.29 is 14.3 Å². The van der Waals surface area contributed by atoms with Gasteiger partial charge >= 0.3 is 5.97 Å². The monoisotopic (exact) mass is 230 g/mol. The smallest absolute Gasteiger partial charge is 0.356 e. The molecule has 1 heterocycles. The molecule has 0 saturated carbocycles. The van der Waals surface area contributed by atoms with Gasteiger partial charge in [0.2, 0.25) is 0 Å². The zero-order valence-electron chi connectivity index (χ0n) is 9.14. The molecule has 0 fully saturated rings. The van der Waals surface area contributed by atoms with Crippen LogP contribution in [0.1, 0.15) is 21.0 Å². The highest BCUT2D eigenvalue weighted by atomic mass is 16.5. The number of hydrogen-bond acceptors (Lipinski definition) is 4. The van der Waals surface area contributed by atoms with E-state index in [0.29, 0.717) is 5.39 Å². The van der Waals surface area contributed by atoms with E-state index in [2.05, 4.69) is 9.72 Å². The molecular formula is C12H10N2O3. The third-order valence-electron chi connectivity index (χ3n) is 2.37. The number of hydrogen-bond donors (Lipinski definition) is 1. The van der Waals surface area contributed by atoms with Gasteiger partial charge in [0.25, 0.3) is 5.91 Å². The molecule has 0 aliphatic heterocycles. The number of methoxy groups -OCH3 is 1. The SMILES string of the molecule is COC(=O)c1cc2ccccc2c(C(N)=O)n1. The van der Waals surface area contributed by atoms with Crippen molar-refractivity contribution in [2.75, 3.05) is 7.11 Å². The molecule has 1 aromatic heterocycles. The number of carbonyl (C=O) groups excluding carboxylic acids is 2. The first-order chi connectivity index (χ1) is 8.13. The average molecular weight is 230 g/mol. The Hall–Kier alpha value is -2.43. The van der Waals surface area contributed by atoms with Crippen LogP contribution in [-0.2, 0) is 4.74 Å². The number of esters is 1. The van der Waals surface area contributed by atoms with Crippen LogP contribution in [0.3, 0.4) is 0 Å². The van der Waals surface area contributed by atoms with Crippen LogP contribution >= 0.6 is 0 Å². The van der Waals surface area contributed by atoms with Crippen molar-refractivity contribution in [2.45, 2.75) is 0 Å². The molecule has 0 unspecified atom stereocenters. The maximum Gasteiger partial charge on any atom is 0.356 e. The zero-order valence-corrected chi connectivity index (χ0v) is 9.14. The summed E-state index contributed by atoms with van der Waals surface area (Å²) in [6, 6.07) is 8.63. The highest BCUT2D eigenvalue weighted by Gasteiger charge is 2.14. The molecule has 17 heavy (non-hydrogen) atoms. The summed E-state index contributed by atoms with van der Waals surface area (Å²) in [4.78, 5) is 26.6. The fourth-order valence-electron chi connectivity index (χ4n) is 1.60. The fraction of sp³-hybridized carbons (Fsp3) is 0.0833. The summed E-state index contributed by atoms with van der Waals surface area (Å²) in [6.07, 6.45) is 0. The predicted octanol–water partition coefficient (Wildman–Crippen LogP) is 1.12. The Kier molecular flexibility index (Phi) is 2.74. The van der Waals surface area contributed by atoms with E-state index >= 15 is 0 Å². The van der Waals surface area contributed by atoms with E-state index in [1.54, 1.807) is 30.3 Å². The molecule has 0 aliphatic rings. The Morgan fingerprint density at radius 3 is 2.65 bits per heavy atom. The lowest BCUT2D eigenvalue weighted by atomic mass is 10.1. The van der Waals surface area contributed by atoms with Crippen molar-refractivity contribution in [3.8, 4) is 0 Å². The maximum atomic E-state index is 11.4. The first-order valence-corrected chi connectivity index (χ1v) is 4.91. The van der Waals surface area contributed by atoms with Gasteiger partial charge in [0.1, 0.15) is 11.4 Å². The highest BCUT2D eigenvalue weighted by Crippen LogP contribution is 2.18. The summed E-state index contributed by atoms with van der Waals surface area (Å²) in [7, 11) is 1.25. The average Bonchev–Trinajstić information content (AvgIpc) is 2.36. The van der Waals surface area contributed by atoms with E-state index in [1.165, 1.54) is 7.11 Å². The molecule has 2 rings (SSSR count). The molecular weight excluding hydrogens is 220 g/mol. The van der Waals surface area contributed by atoms with Gasteiger partial charge in [0.05, 0.1) is 7.11 Å². The standard InChI is InChI=1S/C12H10N2O3/c1-17-12(16)9-6-7-4-2-3-5-8(7)10(14-9)11(13)15/h2-6H,1H3,(H2,13,15). The van der Waals surface area contributed by atoms with Crippen LogP contribution in [-0.4, -0.2) is 24.0 Å². The van der Waals surface area contributed by atoms with Gasteiger partial charge in [-0.15, -0.1) is 0 Å². The number of ether oxygens (including phenoxy) is 1. The van der Waals surface area contributed by atoms with Crippen molar-refractivity contribution in [1.29, 1.82) is 0 Å². The summed E-state index contributed by atoms with van der Waals surface area (Å²) in [5.41, 5.74) is 5.38. The van der Waals surface area contributed by atoms with Crippen molar-refractivity contribution in [2.24, 2.45) is 5.73 Å². The first kappa shape index (κ1) is 11.1. The van der Waals surface area contributed by atoms with Gasteiger partial charge < -0.3 is 10.5 Å². The Labute approximate surface area is 97.2 Å². The number of fused-ring (bicyclic) bond motifs is 1. The van der Waals surface area contributed by atoms with Crippen LogP contribution in [0.15, 0.2) is 30.3 Å². The van der Waals surface area contributed by atoms with Crippen LogP contribution in [0.5, 0.6) is 0 Å². The van der Waals surface area contributed by atoms with Gasteiger partial charge in [0, 0.05) is 5.39 Å². The molecule has 86 valence electrons. The van der Waals surface area contributed by atoms with Crippen LogP contribution in [0, 0.1) is 0 Å². The van der Waals surface area contributed by atoms with Crippen LogP contribution in [0.2, 0.25) is 0 Å². The minimum Gasteiger partial charge on any atom is -0.464 e. The quantitative estimate of drug-likeness (QED) is 0.784. The molecule has 2 aromatic rings. The minimum atomic E-state index is -0.674. The number of rotatable bonds is 2. The summed E-state index contributed by atoms with van der Waals surface area (Å²) in [6.45, 7) is 0. The summed E-state index contributed by atoms with van der Waals surface area (Å²) < 4.78 is 4.57. The lowest BCUT2D eigenvalue weighted by Gasteiger charge is -2.05. The fourth-order valence-corrected chi connectivity index (χ4v) is 1.60. The Balaban J connectivity index is 2.76. The second kappa shape index (κ2) is 4.21. The van der Waals surface area contributed by atoms with Crippen molar-refractivity contribution in [3.05, 3.63) is 41.7 Å². The van der Waals surface area contributed by atoms with E-state index in [1.807, 2.05) is 0 Å². The van der Waals surface area contributed by atoms with Gasteiger partial charge in [-0.3, -0.25) is 4.79 Å². The van der Waals surface area contributed by atoms with Crippen LogP contribution in [0.4, 0.5) is 0 Å². The number of primary amides is 1. The van der Waals surface area contributed by atoms with Gasteiger partial charge in [-0.2, -0.15) is 0 Å². The van der Waals surface area contributed by atoms with Crippen molar-refractivity contribution >= 4 is 22.6 Å². The number of benzene rings is 1. The number of aromatic nitrogens is 1. The maximum absolute atomic E-state index is 11.4. The second-order valence-corrected chi connectivity index (χ2v) is 3.43. The topological polar surface area (TPSA) is 82.3 Å². The molecule has 0 atom stereocenters. The molecule has 0 bridgehead atoms. The third kappa shape index (κ3) is 1.94. The number of pyridine rings is 1. The van der Waals surface area contributed by atoms with E-state index in [4.69, 9.17) is 5.73 Å². The van der Waals surface area contributed by atoms with Gasteiger partial charge in [-0.25, -0.2) is 9.78 Å². The second-order valence-electron chi connectivity index (χ2n) is 3.43. The third-order valence-corrected chi connectivity index (χ3v) is 2.37. The Morgan fingerprint density at radius 1 is 1.29 bits per heavy atom. The molecule has 1 amide bonds. The number of nitrogens with two attached hydrogens (primary N) is 1. The van der Waals surface area contributed by atoms with E-state index in [0.717, 1.165) is 5.39 Å². The highest BCUT2D eigenvalue weighted by molar-refractivity contribution is 6.06. The predicted molar refractivity (Wildman–Crippen MR) is 61.6 cm³/mol. The number of nitrogens with zero attached hydrogens (tertiary/aromatic N) is 1. The summed E-state index contributed by atoms with van der Waals surface area (Å²) >= 11 is 0. The minimum absolute atomic E-state index is 0.0694. The Bertz CT molecular complexity index is 608. The van der Waals surface area contributed by atoms with Crippen LogP contribution in [0.25, 0.3) is 10.8 Å². The van der Waals surface area contributed by atoms with Gasteiger partial charge in [0.15, 0.2) is 0 Å². The van der Waals surface area contributed by atoms with Crippen LogP contribution < -0.4 is 5.73 Å². The molecule has 0 saturated heterocycles. The Morgan fingerprint density at radius 2 is 2.00 bits per heavy atom. The molecule has 2 N–H and O–H groups in total. The zero-order chi connectivity index (χ0) is 12.4. The van der Waals surface area contributed by atoms with E-state index < -0.39 is 11.9 Å².